The Morgan fingerprint density at radius 2 is 0.462 bits per heavy atom. The van der Waals surface area contributed by atoms with Gasteiger partial charge in [0.05, 0.1) is 11.4 Å². The van der Waals surface area contributed by atoms with Crippen molar-refractivity contribution in [1.29, 1.82) is 0 Å². The van der Waals surface area contributed by atoms with Gasteiger partial charge in [-0.25, -0.2) is 0 Å². The van der Waals surface area contributed by atoms with E-state index in [4.69, 9.17) is 0 Å². The van der Waals surface area contributed by atoms with Gasteiger partial charge < -0.3 is 9.80 Å². The van der Waals surface area contributed by atoms with E-state index in [9.17, 15) is 0 Å². The van der Waals surface area contributed by atoms with Gasteiger partial charge in [0.15, 0.2) is 0 Å². The molecule has 15 rings (SSSR count). The first-order valence-corrected chi connectivity index (χ1v) is 33.0. The van der Waals surface area contributed by atoms with Gasteiger partial charge in [0.2, 0.25) is 0 Å². The standard InChI is InChI=1S/C90H77BN2/c1-88(2,3)64-52-54-81-79(56-64)91-80-57-65(89(4,5)6)53-55-82(80)93(87-77(73-46-28-24-42-69(73)62-36-18-12-19-37-62)50-31-51-78(87)74-47-29-25-43-70(74)63-38-20-13-21-39-63)84-59-66(90(7,8)9)58-83(85(84)91)92(81)86-75(71-44-26-22-40-67(71)60-32-14-10-15-33-60)48-30-49-76(86)72-45-27-23-41-68(72)61-34-16-11-17-35-61/h10-59H,1-9H3. The summed E-state index contributed by atoms with van der Waals surface area (Å²) in [4.78, 5) is 5.44. The third-order valence-corrected chi connectivity index (χ3v) is 19.4. The van der Waals surface area contributed by atoms with Crippen LogP contribution in [0, 0.1) is 0 Å². The highest BCUT2D eigenvalue weighted by Gasteiger charge is 2.47. The van der Waals surface area contributed by atoms with E-state index >= 15 is 0 Å². The summed E-state index contributed by atoms with van der Waals surface area (Å²) in [6.45, 7) is 21.2. The molecule has 0 bridgehead atoms. The number of hydrogen-bond acceptors (Lipinski definition) is 2. The molecule has 0 unspecified atom stereocenters. The highest BCUT2D eigenvalue weighted by Crippen LogP contribution is 2.56. The Bertz CT molecular complexity index is 4460. The van der Waals surface area contributed by atoms with Gasteiger partial charge in [-0.05, 0) is 140 Å². The molecule has 0 radical (unpaired) electrons. The zero-order valence-electron chi connectivity index (χ0n) is 54.8. The summed E-state index contributed by atoms with van der Waals surface area (Å²) in [7, 11) is 0. The summed E-state index contributed by atoms with van der Waals surface area (Å²) in [5.41, 5.74) is 32.8. The molecule has 2 aliphatic heterocycles. The molecule has 93 heavy (non-hydrogen) atoms. The largest absolute Gasteiger partial charge is 0.310 e. The Morgan fingerprint density at radius 1 is 0.215 bits per heavy atom. The number of hydrogen-bond donors (Lipinski definition) is 0. The Morgan fingerprint density at radius 3 is 0.731 bits per heavy atom. The Labute approximate surface area is 551 Å². The first kappa shape index (κ1) is 58.9. The second-order valence-corrected chi connectivity index (χ2v) is 28.4. The van der Waals surface area contributed by atoms with Gasteiger partial charge in [-0.15, -0.1) is 0 Å². The lowest BCUT2D eigenvalue weighted by atomic mass is 9.33. The van der Waals surface area contributed by atoms with Gasteiger partial charge in [0.1, 0.15) is 0 Å². The lowest BCUT2D eigenvalue weighted by Gasteiger charge is -2.47. The van der Waals surface area contributed by atoms with Gasteiger partial charge in [0, 0.05) is 45.0 Å². The van der Waals surface area contributed by atoms with Crippen LogP contribution < -0.4 is 26.2 Å². The molecule has 0 fully saturated rings. The first-order chi connectivity index (χ1) is 45.1. The van der Waals surface area contributed by atoms with E-state index in [0.29, 0.717) is 0 Å². The minimum Gasteiger partial charge on any atom is -0.310 e. The number of rotatable bonds is 10. The van der Waals surface area contributed by atoms with Gasteiger partial charge in [-0.2, -0.15) is 0 Å². The van der Waals surface area contributed by atoms with Crippen LogP contribution in [-0.4, -0.2) is 6.71 Å². The predicted octanol–water partition coefficient (Wildman–Crippen LogP) is 23.0. The molecule has 3 heteroatoms. The quantitative estimate of drug-likeness (QED) is 0.126. The van der Waals surface area contributed by atoms with E-state index in [1.54, 1.807) is 0 Å². The molecular weight excluding hydrogens is 1120 g/mol. The zero-order chi connectivity index (χ0) is 63.8. The number of benzene rings is 13. The van der Waals surface area contributed by atoms with Crippen LogP contribution in [-0.2, 0) is 16.2 Å². The zero-order valence-corrected chi connectivity index (χ0v) is 54.8. The summed E-state index contributed by atoms with van der Waals surface area (Å²) in [6.07, 6.45) is 0. The van der Waals surface area contributed by atoms with Crippen molar-refractivity contribution >= 4 is 57.2 Å². The molecule has 2 aliphatic rings. The van der Waals surface area contributed by atoms with E-state index in [1.165, 1.54) is 123 Å². The van der Waals surface area contributed by atoms with Gasteiger partial charge >= 0.3 is 0 Å². The second kappa shape index (κ2) is 23.3. The van der Waals surface area contributed by atoms with E-state index in [-0.39, 0.29) is 23.0 Å². The number of fused-ring (bicyclic) bond motifs is 4. The van der Waals surface area contributed by atoms with Crippen molar-refractivity contribution in [3.05, 3.63) is 320 Å². The van der Waals surface area contributed by atoms with Crippen molar-refractivity contribution in [2.24, 2.45) is 0 Å². The fourth-order valence-corrected chi connectivity index (χ4v) is 14.6. The highest BCUT2D eigenvalue weighted by atomic mass is 15.2. The molecular formula is C90H77BN2. The lowest BCUT2D eigenvalue weighted by molar-refractivity contribution is 0.590. The molecule has 0 saturated heterocycles. The molecule has 450 valence electrons. The first-order valence-electron chi connectivity index (χ1n) is 33.0. The van der Waals surface area contributed by atoms with Crippen LogP contribution in [0.1, 0.15) is 79.0 Å². The average Bonchev–Trinajstić information content (AvgIpc) is 0.688. The van der Waals surface area contributed by atoms with Crippen LogP contribution in [0.3, 0.4) is 0 Å². The summed E-state index contributed by atoms with van der Waals surface area (Å²) < 4.78 is 0. The molecule has 2 heterocycles. The summed E-state index contributed by atoms with van der Waals surface area (Å²) in [6, 6.07) is 114. The predicted molar refractivity (Wildman–Crippen MR) is 400 cm³/mol. The van der Waals surface area contributed by atoms with Crippen LogP contribution in [0.4, 0.5) is 34.1 Å². The maximum atomic E-state index is 2.72. The van der Waals surface area contributed by atoms with Crippen molar-refractivity contribution in [3.63, 3.8) is 0 Å². The van der Waals surface area contributed by atoms with E-state index in [1.807, 2.05) is 0 Å². The monoisotopic (exact) mass is 1200 g/mol. The fourth-order valence-electron chi connectivity index (χ4n) is 14.6. The van der Waals surface area contributed by atoms with Crippen molar-refractivity contribution < 1.29 is 0 Å². The SMILES string of the molecule is CC(C)(C)c1ccc2c(c1)B1c3cc(C(C)(C)C)ccc3N(c3c(-c4ccccc4-c4ccccc4)cccc3-c3ccccc3-c3ccccc3)c3cc(C(C)(C)C)cc(c31)N2c1c(-c2ccccc2-c2ccccc2)cccc1-c1ccccc1-c1ccccc1. The lowest BCUT2D eigenvalue weighted by Crippen LogP contribution is -2.62. The van der Waals surface area contributed by atoms with Crippen molar-refractivity contribution in [3.8, 4) is 89.0 Å². The number of anilines is 6. The minimum absolute atomic E-state index is 0.158. The molecule has 0 spiro atoms. The van der Waals surface area contributed by atoms with Crippen molar-refractivity contribution in [1.82, 2.24) is 0 Å². The molecule has 0 aromatic heterocycles. The summed E-state index contributed by atoms with van der Waals surface area (Å²) in [5.74, 6) is 0. The minimum atomic E-state index is -0.296. The van der Waals surface area contributed by atoms with E-state index < -0.39 is 0 Å². The Balaban J connectivity index is 1.13. The van der Waals surface area contributed by atoms with Crippen molar-refractivity contribution in [2.45, 2.75) is 78.6 Å². The van der Waals surface area contributed by atoms with Crippen LogP contribution in [0.5, 0.6) is 0 Å². The Kier molecular flexibility index (Phi) is 14.8. The molecule has 2 nitrogen and oxygen atoms in total. The Hall–Kier alpha value is -10.5. The van der Waals surface area contributed by atoms with Gasteiger partial charge in [-0.1, -0.05) is 341 Å². The maximum absolute atomic E-state index is 2.72. The molecule has 13 aromatic carbocycles. The molecule has 0 atom stereocenters. The van der Waals surface area contributed by atoms with Gasteiger partial charge in [0.25, 0.3) is 6.71 Å². The molecule has 0 amide bonds. The normalized spacial score (nSPS) is 12.7. The number of para-hydroxylation sites is 2. The molecule has 0 N–H and O–H groups in total. The van der Waals surface area contributed by atoms with E-state index in [0.717, 1.165) is 33.6 Å². The van der Waals surface area contributed by atoms with Crippen molar-refractivity contribution in [2.75, 3.05) is 9.80 Å². The summed E-state index contributed by atoms with van der Waals surface area (Å²) >= 11 is 0. The fraction of sp³-hybridized carbons (Fsp3) is 0.133. The molecule has 0 saturated carbocycles. The van der Waals surface area contributed by atoms with Crippen LogP contribution in [0.2, 0.25) is 0 Å². The maximum Gasteiger partial charge on any atom is 0.252 e. The summed E-state index contributed by atoms with van der Waals surface area (Å²) in [5, 5.41) is 0. The smallest absolute Gasteiger partial charge is 0.252 e. The molecule has 13 aromatic rings. The van der Waals surface area contributed by atoms with E-state index in [2.05, 4.69) is 375 Å². The third-order valence-electron chi connectivity index (χ3n) is 19.4. The van der Waals surface area contributed by atoms with Crippen LogP contribution in [0.25, 0.3) is 89.0 Å². The van der Waals surface area contributed by atoms with Crippen LogP contribution in [0.15, 0.2) is 303 Å². The highest BCUT2D eigenvalue weighted by molar-refractivity contribution is 7.00. The van der Waals surface area contributed by atoms with Crippen LogP contribution >= 0.6 is 0 Å². The topological polar surface area (TPSA) is 6.48 Å². The second-order valence-electron chi connectivity index (χ2n) is 28.4. The third kappa shape index (κ3) is 10.5. The average molecular weight is 1200 g/mol. The van der Waals surface area contributed by atoms with Gasteiger partial charge in [-0.3, -0.25) is 0 Å². The number of nitrogens with zero attached hydrogens (tertiary/aromatic N) is 2. The molecule has 0 aliphatic carbocycles.